The van der Waals surface area contributed by atoms with Crippen LogP contribution in [0.4, 0.5) is 4.39 Å². The summed E-state index contributed by atoms with van der Waals surface area (Å²) in [6, 6.07) is 3.18. The maximum Gasteiger partial charge on any atom is 0.309 e. The molecule has 1 heterocycles. The number of carboxylic acid groups (broad SMARTS) is 1. The molecule has 1 fully saturated rings. The number of rotatable bonds is 5. The van der Waals surface area contributed by atoms with Crippen LogP contribution in [0.5, 0.6) is 0 Å². The highest BCUT2D eigenvalue weighted by atomic mass is 35.5. The summed E-state index contributed by atoms with van der Waals surface area (Å²) in [5.41, 5.74) is 0.161. The van der Waals surface area contributed by atoms with Crippen LogP contribution in [0, 0.1) is 11.7 Å². The van der Waals surface area contributed by atoms with E-state index in [9.17, 15) is 19.1 Å². The molecule has 5 nitrogen and oxygen atoms in total. The van der Waals surface area contributed by atoms with E-state index in [-0.39, 0.29) is 36.1 Å². The number of carboxylic acids is 1. The molecule has 1 N–H and O–H groups in total. The molecule has 0 bridgehead atoms. The number of nitrogens with zero attached hydrogens (tertiary/aromatic N) is 1. The molecule has 2 unspecified atom stereocenters. The zero-order valence-electron chi connectivity index (χ0n) is 11.4. The number of halogens is 2. The molecule has 1 saturated heterocycles. The fourth-order valence-electron chi connectivity index (χ4n) is 2.59. The molecule has 114 valence electrons. The number of likely N-dealkylation sites (tertiary alicyclic amines) is 1. The average molecular weight is 316 g/mol. The fourth-order valence-corrected chi connectivity index (χ4v) is 2.75. The van der Waals surface area contributed by atoms with Crippen LogP contribution in [-0.2, 0) is 14.3 Å². The van der Waals surface area contributed by atoms with Crippen LogP contribution in [0.1, 0.15) is 18.0 Å². The lowest BCUT2D eigenvalue weighted by Gasteiger charge is -2.27. The first kappa shape index (κ1) is 15.7. The molecule has 0 aromatic heterocycles. The van der Waals surface area contributed by atoms with E-state index >= 15 is 0 Å². The Hall–Kier alpha value is -1.66. The highest BCUT2D eigenvalue weighted by Crippen LogP contribution is 2.39. The molecule has 1 amide bonds. The Kier molecular flexibility index (Phi) is 4.80. The summed E-state index contributed by atoms with van der Waals surface area (Å²) in [6.45, 7) is 0.468. The Morgan fingerprint density at radius 2 is 2.29 bits per heavy atom. The van der Waals surface area contributed by atoms with Crippen molar-refractivity contribution in [2.45, 2.75) is 12.5 Å². The van der Waals surface area contributed by atoms with Crippen LogP contribution in [0.25, 0.3) is 0 Å². The normalized spacial score (nSPS) is 21.9. The highest BCUT2D eigenvalue weighted by Gasteiger charge is 2.45. The van der Waals surface area contributed by atoms with Crippen molar-refractivity contribution in [2.75, 3.05) is 20.3 Å². The van der Waals surface area contributed by atoms with Gasteiger partial charge in [-0.15, -0.1) is 0 Å². The number of methoxy groups -OCH3 is 1. The second-order valence-electron chi connectivity index (χ2n) is 4.84. The monoisotopic (exact) mass is 315 g/mol. The number of carbonyl (C=O) groups is 2. The van der Waals surface area contributed by atoms with Gasteiger partial charge in [-0.05, 0) is 12.1 Å². The minimum atomic E-state index is -1.12. The Morgan fingerprint density at radius 1 is 1.57 bits per heavy atom. The molecular formula is C14H15ClFNO4. The van der Waals surface area contributed by atoms with Gasteiger partial charge in [0.15, 0.2) is 0 Å². The quantitative estimate of drug-likeness (QED) is 0.903. The average Bonchev–Trinajstić information content (AvgIpc) is 2.74. The summed E-state index contributed by atoms with van der Waals surface area (Å²) in [4.78, 5) is 24.7. The molecule has 1 aliphatic rings. The molecule has 1 aliphatic heterocycles. The first-order valence-electron chi connectivity index (χ1n) is 6.42. The SMILES string of the molecule is COCCN1C(=O)CC(C(=O)O)C1c1ccc(Cl)cc1F. The standard InChI is InChI=1S/C14H15ClFNO4/c1-21-5-4-17-12(18)7-10(14(19)20)13(17)9-3-2-8(15)6-11(9)16/h2-3,6,10,13H,4-5,7H2,1H3,(H,19,20). The van der Waals surface area contributed by atoms with Crippen molar-refractivity contribution in [2.24, 2.45) is 5.92 Å². The molecule has 7 heteroatoms. The molecule has 2 rings (SSSR count). The van der Waals surface area contributed by atoms with E-state index in [1.165, 1.54) is 24.1 Å². The van der Waals surface area contributed by atoms with E-state index in [1.54, 1.807) is 0 Å². The van der Waals surface area contributed by atoms with Gasteiger partial charge >= 0.3 is 5.97 Å². The first-order chi connectivity index (χ1) is 9.95. The lowest BCUT2D eigenvalue weighted by molar-refractivity contribution is -0.142. The van der Waals surface area contributed by atoms with E-state index in [0.29, 0.717) is 0 Å². The molecule has 0 aliphatic carbocycles. The predicted molar refractivity (Wildman–Crippen MR) is 73.5 cm³/mol. The van der Waals surface area contributed by atoms with Gasteiger partial charge in [0.1, 0.15) is 5.82 Å². The smallest absolute Gasteiger partial charge is 0.309 e. The van der Waals surface area contributed by atoms with Crippen LogP contribution in [0.15, 0.2) is 18.2 Å². The van der Waals surface area contributed by atoms with Crippen molar-refractivity contribution in [1.29, 1.82) is 0 Å². The summed E-state index contributed by atoms with van der Waals surface area (Å²) in [5, 5.41) is 9.51. The number of benzene rings is 1. The van der Waals surface area contributed by atoms with E-state index in [2.05, 4.69) is 0 Å². The zero-order chi connectivity index (χ0) is 15.6. The van der Waals surface area contributed by atoms with Crippen LogP contribution in [0.2, 0.25) is 5.02 Å². The molecule has 1 aromatic carbocycles. The third kappa shape index (κ3) is 3.16. The number of amides is 1. The zero-order valence-corrected chi connectivity index (χ0v) is 12.1. The van der Waals surface area contributed by atoms with Crippen LogP contribution < -0.4 is 0 Å². The van der Waals surface area contributed by atoms with Crippen LogP contribution in [0.3, 0.4) is 0 Å². The van der Waals surface area contributed by atoms with Gasteiger partial charge in [0.05, 0.1) is 18.6 Å². The number of hydrogen-bond acceptors (Lipinski definition) is 3. The lowest BCUT2D eigenvalue weighted by Crippen LogP contribution is -2.33. The van der Waals surface area contributed by atoms with Gasteiger partial charge < -0.3 is 14.7 Å². The molecule has 0 saturated carbocycles. The predicted octanol–water partition coefficient (Wildman–Crippen LogP) is 2.10. The van der Waals surface area contributed by atoms with E-state index in [4.69, 9.17) is 16.3 Å². The van der Waals surface area contributed by atoms with Crippen molar-refractivity contribution in [3.05, 3.63) is 34.6 Å². The first-order valence-corrected chi connectivity index (χ1v) is 6.79. The van der Waals surface area contributed by atoms with Gasteiger partial charge in [-0.3, -0.25) is 9.59 Å². The summed E-state index contributed by atoms with van der Waals surface area (Å²) in [5.74, 6) is -3.04. The maximum atomic E-state index is 14.1. The highest BCUT2D eigenvalue weighted by molar-refractivity contribution is 6.30. The second-order valence-corrected chi connectivity index (χ2v) is 5.28. The largest absolute Gasteiger partial charge is 0.481 e. The number of ether oxygens (including phenoxy) is 1. The van der Waals surface area contributed by atoms with Crippen molar-refractivity contribution in [3.8, 4) is 0 Å². The van der Waals surface area contributed by atoms with Gasteiger partial charge in [0.25, 0.3) is 0 Å². The summed E-state index contributed by atoms with van der Waals surface area (Å²) < 4.78 is 19.0. The van der Waals surface area contributed by atoms with Gasteiger partial charge in [0.2, 0.25) is 5.91 Å². The molecule has 0 spiro atoms. The van der Waals surface area contributed by atoms with Crippen LogP contribution >= 0.6 is 11.6 Å². The Bertz CT molecular complexity index is 566. The third-order valence-corrected chi connectivity index (χ3v) is 3.80. The summed E-state index contributed by atoms with van der Waals surface area (Å²) in [7, 11) is 1.48. The molecule has 0 radical (unpaired) electrons. The van der Waals surface area contributed by atoms with Crippen molar-refractivity contribution in [3.63, 3.8) is 0 Å². The van der Waals surface area contributed by atoms with E-state index in [1.807, 2.05) is 0 Å². The summed E-state index contributed by atoms with van der Waals surface area (Å²) in [6.07, 6.45) is -0.147. The molecular weight excluding hydrogens is 301 g/mol. The van der Waals surface area contributed by atoms with Gasteiger partial charge in [-0.2, -0.15) is 0 Å². The number of carbonyl (C=O) groups excluding carboxylic acids is 1. The lowest BCUT2D eigenvalue weighted by atomic mass is 9.93. The molecule has 21 heavy (non-hydrogen) atoms. The Labute approximate surface area is 126 Å². The minimum Gasteiger partial charge on any atom is -0.481 e. The van der Waals surface area contributed by atoms with E-state index in [0.717, 1.165) is 6.07 Å². The van der Waals surface area contributed by atoms with Crippen molar-refractivity contribution in [1.82, 2.24) is 4.90 Å². The summed E-state index contributed by atoms with van der Waals surface area (Å²) >= 11 is 5.71. The topological polar surface area (TPSA) is 66.8 Å². The fraction of sp³-hybridized carbons (Fsp3) is 0.429. The maximum absolute atomic E-state index is 14.1. The Morgan fingerprint density at radius 3 is 2.86 bits per heavy atom. The molecule has 2 atom stereocenters. The van der Waals surface area contributed by atoms with Crippen molar-refractivity contribution >= 4 is 23.5 Å². The molecule has 1 aromatic rings. The van der Waals surface area contributed by atoms with Gasteiger partial charge in [0, 0.05) is 30.7 Å². The van der Waals surface area contributed by atoms with Gasteiger partial charge in [-0.25, -0.2) is 4.39 Å². The third-order valence-electron chi connectivity index (χ3n) is 3.57. The number of aliphatic carboxylic acids is 1. The van der Waals surface area contributed by atoms with Crippen LogP contribution in [-0.4, -0.2) is 42.1 Å². The van der Waals surface area contributed by atoms with E-state index < -0.39 is 23.7 Å². The minimum absolute atomic E-state index is 0.147. The van der Waals surface area contributed by atoms with Crippen molar-refractivity contribution < 1.29 is 23.8 Å². The number of hydrogen-bond donors (Lipinski definition) is 1. The second kappa shape index (κ2) is 6.41. The Balaban J connectivity index is 2.41. The van der Waals surface area contributed by atoms with Gasteiger partial charge in [-0.1, -0.05) is 17.7 Å².